The number of nitrogens with one attached hydrogen (secondary N) is 2. The zero-order chi connectivity index (χ0) is 14.4. The van der Waals surface area contributed by atoms with Crippen LogP contribution >= 0.6 is 0 Å². The number of carbonyl (C=O) groups is 1. The minimum atomic E-state index is -0.181. The van der Waals surface area contributed by atoms with E-state index in [0.717, 1.165) is 32.5 Å². The number of hydrogen-bond acceptors (Lipinski definition) is 6. The van der Waals surface area contributed by atoms with Gasteiger partial charge < -0.3 is 15.6 Å². The summed E-state index contributed by atoms with van der Waals surface area (Å²) in [7, 11) is 0. The van der Waals surface area contributed by atoms with E-state index >= 15 is 0 Å². The summed E-state index contributed by atoms with van der Waals surface area (Å²) in [4.78, 5) is 22.3. The van der Waals surface area contributed by atoms with Gasteiger partial charge in [-0.1, -0.05) is 6.92 Å². The highest BCUT2D eigenvalue weighted by atomic mass is 16.1. The summed E-state index contributed by atoms with van der Waals surface area (Å²) in [6.07, 6.45) is 5.13. The first-order valence-corrected chi connectivity index (χ1v) is 7.02. The first kappa shape index (κ1) is 14.7. The van der Waals surface area contributed by atoms with Gasteiger partial charge in [-0.2, -0.15) is 0 Å². The number of piperidine rings is 1. The molecule has 0 aromatic carbocycles. The van der Waals surface area contributed by atoms with Crippen molar-refractivity contribution in [3.05, 3.63) is 18.1 Å². The fourth-order valence-corrected chi connectivity index (χ4v) is 2.35. The lowest BCUT2D eigenvalue weighted by Gasteiger charge is -2.30. The molecule has 2 rings (SSSR count). The second-order valence-corrected chi connectivity index (χ2v) is 5.02. The molecule has 1 aliphatic rings. The molecule has 0 atom stereocenters. The van der Waals surface area contributed by atoms with Gasteiger partial charge in [0.25, 0.3) is 5.91 Å². The molecular formula is C13H22N6O. The number of carbonyl (C=O) groups excluding carboxylic acids is 1. The van der Waals surface area contributed by atoms with E-state index in [0.29, 0.717) is 24.0 Å². The summed E-state index contributed by atoms with van der Waals surface area (Å²) in [5.41, 5.74) is 2.69. The summed E-state index contributed by atoms with van der Waals surface area (Å²) in [5, 5.41) is 2.93. The third kappa shape index (κ3) is 3.88. The Hall–Kier alpha value is -1.73. The lowest BCUT2D eigenvalue weighted by molar-refractivity contribution is 0.0931. The zero-order valence-corrected chi connectivity index (χ0v) is 11.8. The van der Waals surface area contributed by atoms with Gasteiger partial charge in [-0.05, 0) is 38.4 Å². The number of nitrogens with two attached hydrogens (primary N) is 1. The largest absolute Gasteiger partial charge is 0.350 e. The van der Waals surface area contributed by atoms with Crippen molar-refractivity contribution in [3.8, 4) is 0 Å². The van der Waals surface area contributed by atoms with Gasteiger partial charge in [-0.15, -0.1) is 0 Å². The predicted molar refractivity (Wildman–Crippen MR) is 77.0 cm³/mol. The summed E-state index contributed by atoms with van der Waals surface area (Å²) < 4.78 is 0. The molecule has 0 radical (unpaired) electrons. The first-order chi connectivity index (χ1) is 9.72. The van der Waals surface area contributed by atoms with Crippen LogP contribution in [0.2, 0.25) is 0 Å². The quantitative estimate of drug-likeness (QED) is 0.527. The molecule has 1 aliphatic heterocycles. The van der Waals surface area contributed by atoms with E-state index in [4.69, 9.17) is 5.84 Å². The van der Waals surface area contributed by atoms with Crippen LogP contribution in [0.5, 0.6) is 0 Å². The Morgan fingerprint density at radius 2 is 2.15 bits per heavy atom. The molecule has 1 fully saturated rings. The maximum absolute atomic E-state index is 11.9. The van der Waals surface area contributed by atoms with E-state index in [1.165, 1.54) is 12.4 Å². The number of hydrogen-bond donors (Lipinski definition) is 3. The Labute approximate surface area is 118 Å². The maximum Gasteiger partial charge on any atom is 0.271 e. The van der Waals surface area contributed by atoms with Crippen molar-refractivity contribution < 1.29 is 4.79 Å². The lowest BCUT2D eigenvalue weighted by Crippen LogP contribution is -2.38. The van der Waals surface area contributed by atoms with Gasteiger partial charge in [0.15, 0.2) is 5.82 Å². The van der Waals surface area contributed by atoms with Crippen LogP contribution in [0.4, 0.5) is 5.82 Å². The summed E-state index contributed by atoms with van der Waals surface area (Å²) >= 11 is 0. The van der Waals surface area contributed by atoms with E-state index in [2.05, 4.69) is 32.5 Å². The van der Waals surface area contributed by atoms with Crippen LogP contribution in [0.15, 0.2) is 12.4 Å². The van der Waals surface area contributed by atoms with Crippen LogP contribution in [0, 0.1) is 5.92 Å². The SMILES string of the molecule is CCN1CCC(CNC(=O)c2cnc(NN)cn2)CC1. The van der Waals surface area contributed by atoms with Crippen molar-refractivity contribution in [2.45, 2.75) is 19.8 Å². The van der Waals surface area contributed by atoms with E-state index in [-0.39, 0.29) is 5.91 Å². The zero-order valence-electron chi connectivity index (χ0n) is 11.8. The smallest absolute Gasteiger partial charge is 0.271 e. The topological polar surface area (TPSA) is 96.2 Å². The number of hydrazine groups is 1. The molecule has 20 heavy (non-hydrogen) atoms. The Bertz CT molecular complexity index is 427. The molecule has 0 spiro atoms. The number of anilines is 1. The van der Waals surface area contributed by atoms with Crippen molar-refractivity contribution in [1.82, 2.24) is 20.2 Å². The molecule has 1 aromatic rings. The lowest BCUT2D eigenvalue weighted by atomic mass is 9.97. The van der Waals surface area contributed by atoms with Crippen LogP contribution < -0.4 is 16.6 Å². The third-order valence-electron chi connectivity index (χ3n) is 3.74. The standard InChI is InChI=1S/C13H22N6O/c1-2-19-5-3-10(4-6-19)7-17-13(20)11-8-16-12(18-14)9-15-11/h8-10H,2-7,14H2,1H3,(H,16,18)(H,17,20). The van der Waals surface area contributed by atoms with Crippen LogP contribution in [0.1, 0.15) is 30.3 Å². The number of nitrogen functional groups attached to an aromatic ring is 1. The van der Waals surface area contributed by atoms with Crippen LogP contribution in [-0.4, -0.2) is 47.0 Å². The van der Waals surface area contributed by atoms with Crippen molar-refractivity contribution >= 4 is 11.7 Å². The highest BCUT2D eigenvalue weighted by Gasteiger charge is 2.19. The Balaban J connectivity index is 1.77. The molecule has 7 heteroatoms. The van der Waals surface area contributed by atoms with Gasteiger partial charge in [0.2, 0.25) is 0 Å². The third-order valence-corrected chi connectivity index (χ3v) is 3.74. The van der Waals surface area contributed by atoms with Crippen molar-refractivity contribution in [2.75, 3.05) is 31.6 Å². The minimum absolute atomic E-state index is 0.181. The second-order valence-electron chi connectivity index (χ2n) is 5.02. The van der Waals surface area contributed by atoms with E-state index in [1.807, 2.05) is 0 Å². The van der Waals surface area contributed by atoms with Gasteiger partial charge >= 0.3 is 0 Å². The van der Waals surface area contributed by atoms with Gasteiger partial charge in [-0.25, -0.2) is 15.8 Å². The minimum Gasteiger partial charge on any atom is -0.350 e. The molecular weight excluding hydrogens is 256 g/mol. The second kappa shape index (κ2) is 7.16. The molecule has 0 unspecified atom stereocenters. The molecule has 2 heterocycles. The monoisotopic (exact) mass is 278 g/mol. The van der Waals surface area contributed by atoms with E-state index in [9.17, 15) is 4.79 Å². The van der Waals surface area contributed by atoms with E-state index < -0.39 is 0 Å². The molecule has 0 saturated carbocycles. The van der Waals surface area contributed by atoms with Crippen molar-refractivity contribution in [2.24, 2.45) is 11.8 Å². The van der Waals surface area contributed by atoms with Crippen LogP contribution in [0.3, 0.4) is 0 Å². The van der Waals surface area contributed by atoms with Crippen LogP contribution in [-0.2, 0) is 0 Å². The number of amides is 1. The molecule has 1 saturated heterocycles. The number of likely N-dealkylation sites (tertiary alicyclic amines) is 1. The van der Waals surface area contributed by atoms with Crippen molar-refractivity contribution in [1.29, 1.82) is 0 Å². The van der Waals surface area contributed by atoms with Gasteiger partial charge in [-0.3, -0.25) is 4.79 Å². The Morgan fingerprint density at radius 3 is 2.70 bits per heavy atom. The number of rotatable bonds is 5. The molecule has 1 aromatic heterocycles. The van der Waals surface area contributed by atoms with Gasteiger partial charge in [0.1, 0.15) is 5.69 Å². The summed E-state index contributed by atoms with van der Waals surface area (Å²) in [6.45, 7) is 6.23. The van der Waals surface area contributed by atoms with Crippen molar-refractivity contribution in [3.63, 3.8) is 0 Å². The molecule has 7 nitrogen and oxygen atoms in total. The number of aromatic nitrogens is 2. The molecule has 0 bridgehead atoms. The van der Waals surface area contributed by atoms with Gasteiger partial charge in [0, 0.05) is 6.54 Å². The normalized spacial score (nSPS) is 16.9. The maximum atomic E-state index is 11.9. The van der Waals surface area contributed by atoms with E-state index in [1.54, 1.807) is 0 Å². The van der Waals surface area contributed by atoms with Gasteiger partial charge in [0.05, 0.1) is 12.4 Å². The highest BCUT2D eigenvalue weighted by molar-refractivity contribution is 5.91. The summed E-state index contributed by atoms with van der Waals surface area (Å²) in [6, 6.07) is 0. The highest BCUT2D eigenvalue weighted by Crippen LogP contribution is 2.15. The summed E-state index contributed by atoms with van der Waals surface area (Å²) in [5.74, 6) is 6.01. The fourth-order valence-electron chi connectivity index (χ4n) is 2.35. The fraction of sp³-hybridized carbons (Fsp3) is 0.615. The molecule has 1 amide bonds. The molecule has 0 aliphatic carbocycles. The predicted octanol–water partition coefficient (Wildman–Crippen LogP) is 0.224. The Kier molecular flexibility index (Phi) is 5.25. The average Bonchev–Trinajstić information content (AvgIpc) is 2.53. The van der Waals surface area contributed by atoms with Crippen LogP contribution in [0.25, 0.3) is 0 Å². The molecule has 4 N–H and O–H groups in total. The first-order valence-electron chi connectivity index (χ1n) is 7.02. The average molecular weight is 278 g/mol. The Morgan fingerprint density at radius 1 is 1.40 bits per heavy atom. The molecule has 110 valence electrons. The number of nitrogens with zero attached hydrogens (tertiary/aromatic N) is 3.